The minimum atomic E-state index is -2.82. The summed E-state index contributed by atoms with van der Waals surface area (Å²) in [5, 5.41) is 0. The fourth-order valence-electron chi connectivity index (χ4n) is 0.751. The van der Waals surface area contributed by atoms with Gasteiger partial charge in [0, 0.05) is 0 Å². The van der Waals surface area contributed by atoms with Gasteiger partial charge in [0.15, 0.2) is 5.75 Å². The average Bonchev–Trinajstić information content (AvgIpc) is 2.05. The average molecular weight is 205 g/mol. The Kier molecular flexibility index (Phi) is 6.21. The summed E-state index contributed by atoms with van der Waals surface area (Å²) >= 11 is 0. The molecule has 0 aliphatic heterocycles. The van der Waals surface area contributed by atoms with Crippen molar-refractivity contribution in [2.24, 2.45) is 0 Å². The largest absolute Gasteiger partial charge is 1.00 e. The molecule has 62 valence electrons. The maximum absolute atomic E-state index is 10.1. The van der Waals surface area contributed by atoms with Crippen LogP contribution in [0.5, 0.6) is 5.75 Å². The van der Waals surface area contributed by atoms with Crippen LogP contribution in [0.25, 0.3) is 6.08 Å². The normalized spacial score (nSPS) is 9.77. The molecule has 0 N–H and O–H groups in total. The first-order valence-electron chi connectivity index (χ1n) is 3.27. The molecule has 3 nitrogen and oxygen atoms in total. The first-order chi connectivity index (χ1) is 5.72. The van der Waals surface area contributed by atoms with Gasteiger partial charge in [0.05, 0.1) is 0 Å². The number of rotatable bonds is 3. The van der Waals surface area contributed by atoms with Crippen molar-refractivity contribution in [2.45, 2.75) is 0 Å². The molecule has 1 unspecified atom stereocenters. The summed E-state index contributed by atoms with van der Waals surface area (Å²) in [6.07, 6.45) is 1.67. The third-order valence-electron chi connectivity index (χ3n) is 1.30. The zero-order valence-electron chi connectivity index (χ0n) is 7.27. The molecule has 13 heavy (non-hydrogen) atoms. The Hall–Kier alpha value is -0.180. The third kappa shape index (κ3) is 4.55. The van der Waals surface area contributed by atoms with E-state index >= 15 is 0 Å². The van der Waals surface area contributed by atoms with Gasteiger partial charge in [-0.2, -0.15) is 0 Å². The first kappa shape index (κ1) is 12.8. The summed E-state index contributed by atoms with van der Waals surface area (Å²) < 4.78 is 14.6. The Labute approximate surface area is 99.7 Å². The molecule has 0 aliphatic rings. The van der Waals surface area contributed by atoms with E-state index in [0.717, 1.165) is 5.56 Å². The van der Waals surface area contributed by atoms with Gasteiger partial charge in [0.25, 0.3) is 0 Å². The maximum Gasteiger partial charge on any atom is 1.00 e. The van der Waals surface area contributed by atoms with Gasteiger partial charge >= 0.3 is 37.8 Å². The maximum atomic E-state index is 10.1. The van der Waals surface area contributed by atoms with Crippen molar-refractivity contribution in [3.63, 3.8) is 0 Å². The Morgan fingerprint density at radius 1 is 1.38 bits per heavy atom. The van der Waals surface area contributed by atoms with Crippen LogP contribution in [0, 0.1) is 0 Å². The van der Waals surface area contributed by atoms with E-state index in [1.165, 1.54) is 0 Å². The van der Waals surface area contributed by atoms with Crippen LogP contribution in [-0.4, -0.2) is 0 Å². The van der Waals surface area contributed by atoms with Gasteiger partial charge in [-0.3, -0.25) is 4.52 Å². The second-order valence-electron chi connectivity index (χ2n) is 2.09. The molecular weight excluding hydrogens is 198 g/mol. The van der Waals surface area contributed by atoms with Gasteiger partial charge < -0.3 is 4.89 Å². The van der Waals surface area contributed by atoms with Crippen molar-refractivity contribution in [3.8, 4) is 5.75 Å². The molecule has 0 saturated heterocycles. The predicted octanol–water partition coefficient (Wildman–Crippen LogP) is -1.27. The molecule has 1 aromatic rings. The van der Waals surface area contributed by atoms with Gasteiger partial charge in [-0.15, -0.1) is 0 Å². The molecular formula is C8H7NaO3P+. The summed E-state index contributed by atoms with van der Waals surface area (Å²) in [5.41, 5.74) is 0.920. The first-order valence-corrected chi connectivity index (χ1v) is 4.37. The second kappa shape index (κ2) is 6.30. The fourth-order valence-corrected chi connectivity index (χ4v) is 1.04. The second-order valence-corrected chi connectivity index (χ2v) is 2.72. The minimum Gasteiger partial charge on any atom is -0.558 e. The van der Waals surface area contributed by atoms with E-state index in [4.69, 9.17) is 0 Å². The fraction of sp³-hybridized carbons (Fsp3) is 0. The molecule has 0 saturated carbocycles. The summed E-state index contributed by atoms with van der Waals surface area (Å²) in [7, 11) is -2.82. The summed E-state index contributed by atoms with van der Waals surface area (Å²) in [6, 6.07) is 6.59. The Morgan fingerprint density at radius 2 is 1.92 bits per heavy atom. The van der Waals surface area contributed by atoms with Crippen molar-refractivity contribution >= 4 is 14.3 Å². The van der Waals surface area contributed by atoms with Crippen LogP contribution in [0.1, 0.15) is 5.56 Å². The van der Waals surface area contributed by atoms with Crippen LogP contribution >= 0.6 is 8.25 Å². The van der Waals surface area contributed by atoms with Gasteiger partial charge in [-0.25, -0.2) is 0 Å². The monoisotopic (exact) mass is 205 g/mol. The summed E-state index contributed by atoms with van der Waals surface area (Å²) in [4.78, 5) is 10.1. The van der Waals surface area contributed by atoms with Crippen molar-refractivity contribution in [1.82, 2.24) is 0 Å². The van der Waals surface area contributed by atoms with Crippen molar-refractivity contribution < 1.29 is 43.5 Å². The number of benzene rings is 1. The zero-order chi connectivity index (χ0) is 8.97. The van der Waals surface area contributed by atoms with Crippen LogP contribution < -0.4 is 39.0 Å². The Morgan fingerprint density at radius 3 is 2.31 bits per heavy atom. The number of hydrogen-bond donors (Lipinski definition) is 0. The molecule has 1 atom stereocenters. The van der Waals surface area contributed by atoms with Crippen molar-refractivity contribution in [1.29, 1.82) is 0 Å². The Bertz CT molecular complexity index is 297. The molecule has 0 fully saturated rings. The van der Waals surface area contributed by atoms with E-state index in [9.17, 15) is 9.46 Å². The molecule has 5 heteroatoms. The molecule has 0 aliphatic carbocycles. The van der Waals surface area contributed by atoms with E-state index in [2.05, 4.69) is 11.1 Å². The quantitative estimate of drug-likeness (QED) is 0.456. The van der Waals surface area contributed by atoms with Gasteiger partial charge in [0.2, 0.25) is 0 Å². The Balaban J connectivity index is 0.00000144. The van der Waals surface area contributed by atoms with Crippen molar-refractivity contribution in [2.75, 3.05) is 0 Å². The topological polar surface area (TPSA) is 49.4 Å². The van der Waals surface area contributed by atoms with Gasteiger partial charge in [-0.05, 0) is 22.3 Å². The smallest absolute Gasteiger partial charge is 0.558 e. The van der Waals surface area contributed by atoms with Gasteiger partial charge in [0.1, 0.15) is 0 Å². The van der Waals surface area contributed by atoms with E-state index < -0.39 is 8.25 Å². The van der Waals surface area contributed by atoms with Crippen molar-refractivity contribution in [3.05, 3.63) is 36.4 Å². The standard InChI is InChI=1S/C8H7O3P.Na/c1-2-7-3-5-8(6-4-7)11-12(9)10;/h2-6H,1H2;/q;+1. The predicted molar refractivity (Wildman–Crippen MR) is 44.8 cm³/mol. The van der Waals surface area contributed by atoms with E-state index in [0.29, 0.717) is 5.75 Å². The molecule has 0 amide bonds. The van der Waals surface area contributed by atoms with Crippen LogP contribution in [0.2, 0.25) is 0 Å². The summed E-state index contributed by atoms with van der Waals surface area (Å²) in [6.45, 7) is 3.56. The van der Waals surface area contributed by atoms with Crippen LogP contribution in [0.3, 0.4) is 0 Å². The van der Waals surface area contributed by atoms with Gasteiger partial charge in [-0.1, -0.05) is 24.8 Å². The molecule has 0 heterocycles. The molecule has 0 radical (unpaired) electrons. The van der Waals surface area contributed by atoms with Crippen LogP contribution in [0.4, 0.5) is 0 Å². The molecule has 1 aromatic carbocycles. The summed E-state index contributed by atoms with van der Waals surface area (Å²) in [5.74, 6) is 0.316. The molecule has 0 bridgehead atoms. The minimum absolute atomic E-state index is 0. The third-order valence-corrected chi connectivity index (χ3v) is 1.66. The van der Waals surface area contributed by atoms with E-state index in [1.54, 1.807) is 30.3 Å². The molecule has 1 rings (SSSR count). The zero-order valence-corrected chi connectivity index (χ0v) is 10.2. The van der Waals surface area contributed by atoms with Crippen LogP contribution in [0.15, 0.2) is 30.8 Å². The molecule has 0 spiro atoms. The number of hydrogen-bond acceptors (Lipinski definition) is 3. The van der Waals surface area contributed by atoms with E-state index in [-0.39, 0.29) is 29.6 Å². The SMILES string of the molecule is C=Cc1ccc(O[P+](=O)[O-])cc1.[Na+]. The van der Waals surface area contributed by atoms with Crippen LogP contribution in [-0.2, 0) is 4.57 Å². The van der Waals surface area contributed by atoms with E-state index in [1.807, 2.05) is 0 Å². The molecule has 0 aromatic heterocycles.